The molecule has 134 valence electrons. The smallest absolute Gasteiger partial charge is 0.0431 e. The number of unbranched alkanes of at least 4 members (excludes halogenated alkanes) is 11. The molecule has 1 N–H and O–H groups in total. The zero-order valence-electron chi connectivity index (χ0n) is 15.8. The summed E-state index contributed by atoms with van der Waals surface area (Å²) in [6, 6.07) is 0. The van der Waals surface area contributed by atoms with Crippen molar-refractivity contribution in [2.75, 3.05) is 6.61 Å². The van der Waals surface area contributed by atoms with E-state index in [1.54, 1.807) is 0 Å². The highest BCUT2D eigenvalue weighted by Crippen LogP contribution is 2.23. The second-order valence-corrected chi connectivity index (χ2v) is 7.20. The van der Waals surface area contributed by atoms with E-state index in [0.717, 1.165) is 12.3 Å². The first-order valence-electron chi connectivity index (χ1n) is 10.5. The van der Waals surface area contributed by atoms with Gasteiger partial charge in [-0.1, -0.05) is 110 Å². The molecule has 0 aliphatic rings. The molecule has 0 rings (SSSR count). The fourth-order valence-electron chi connectivity index (χ4n) is 3.42. The molecule has 0 saturated heterocycles. The molecular weight excluding hydrogens is 268 g/mol. The predicted molar refractivity (Wildman–Crippen MR) is 100 cm³/mol. The van der Waals surface area contributed by atoms with Crippen molar-refractivity contribution in [1.82, 2.24) is 0 Å². The van der Waals surface area contributed by atoms with Gasteiger partial charge in [-0.05, 0) is 18.8 Å². The molecule has 0 bridgehead atoms. The third kappa shape index (κ3) is 16.3. The summed E-state index contributed by atoms with van der Waals surface area (Å²) in [4.78, 5) is 0. The van der Waals surface area contributed by atoms with Gasteiger partial charge >= 0.3 is 0 Å². The minimum Gasteiger partial charge on any atom is -0.396 e. The first kappa shape index (κ1) is 22.0. The quantitative estimate of drug-likeness (QED) is 0.264. The van der Waals surface area contributed by atoms with E-state index in [1.807, 2.05) is 0 Å². The molecule has 0 aromatic heterocycles. The summed E-state index contributed by atoms with van der Waals surface area (Å²) in [7, 11) is 0. The highest BCUT2D eigenvalue weighted by atomic mass is 16.2. The van der Waals surface area contributed by atoms with E-state index < -0.39 is 0 Å². The van der Waals surface area contributed by atoms with Crippen LogP contribution in [0.4, 0.5) is 0 Å². The molecule has 22 heavy (non-hydrogen) atoms. The Kier molecular flexibility index (Phi) is 19.0. The molecule has 0 aromatic rings. The van der Waals surface area contributed by atoms with Gasteiger partial charge in [0.25, 0.3) is 0 Å². The van der Waals surface area contributed by atoms with Gasteiger partial charge < -0.3 is 5.11 Å². The molecule has 0 fully saturated rings. The monoisotopic (exact) mass is 312 g/mol. The largest absolute Gasteiger partial charge is 0.396 e. The summed E-state index contributed by atoms with van der Waals surface area (Å²) in [5.41, 5.74) is 0. The van der Waals surface area contributed by atoms with Crippen LogP contribution in [0.5, 0.6) is 0 Å². The van der Waals surface area contributed by atoms with Gasteiger partial charge in [-0.15, -0.1) is 0 Å². The van der Waals surface area contributed by atoms with Crippen LogP contribution in [0.2, 0.25) is 0 Å². The van der Waals surface area contributed by atoms with Gasteiger partial charge in [0.1, 0.15) is 0 Å². The summed E-state index contributed by atoms with van der Waals surface area (Å²) >= 11 is 0. The second kappa shape index (κ2) is 19.0. The molecule has 0 aromatic carbocycles. The zero-order valence-corrected chi connectivity index (χ0v) is 15.8. The zero-order chi connectivity index (χ0) is 16.3. The number of aliphatic hydroxyl groups excluding tert-OH is 1. The fourth-order valence-corrected chi connectivity index (χ4v) is 3.42. The van der Waals surface area contributed by atoms with Gasteiger partial charge in [0, 0.05) is 6.61 Å². The van der Waals surface area contributed by atoms with E-state index in [0.29, 0.717) is 6.61 Å². The van der Waals surface area contributed by atoms with Crippen LogP contribution in [0.1, 0.15) is 123 Å². The lowest BCUT2D eigenvalue weighted by Crippen LogP contribution is -2.02. The first-order valence-corrected chi connectivity index (χ1v) is 10.5. The maximum absolute atomic E-state index is 9.08. The lowest BCUT2D eigenvalue weighted by molar-refractivity contribution is 0.261. The van der Waals surface area contributed by atoms with Crippen LogP contribution in [-0.4, -0.2) is 11.7 Å². The standard InChI is InChI=1S/C21H44O/c1-3-5-7-9-11-13-15-18-21(19-16-20-22)17-14-12-10-8-6-4-2/h21-22H,3-20H2,1-2H3. The Morgan fingerprint density at radius 3 is 1.27 bits per heavy atom. The van der Waals surface area contributed by atoms with E-state index >= 15 is 0 Å². The third-order valence-electron chi connectivity index (χ3n) is 4.95. The molecular formula is C21H44O. The fraction of sp³-hybridized carbons (Fsp3) is 1.00. The van der Waals surface area contributed by atoms with Crippen molar-refractivity contribution in [3.63, 3.8) is 0 Å². The molecule has 0 amide bonds. The van der Waals surface area contributed by atoms with Crippen molar-refractivity contribution >= 4 is 0 Å². The SMILES string of the molecule is CCCCCCCCCC(CCCO)CCCCCCCC. The maximum Gasteiger partial charge on any atom is 0.0431 e. The number of aliphatic hydroxyl groups is 1. The van der Waals surface area contributed by atoms with Crippen LogP contribution >= 0.6 is 0 Å². The Morgan fingerprint density at radius 1 is 0.500 bits per heavy atom. The Morgan fingerprint density at radius 2 is 0.864 bits per heavy atom. The van der Waals surface area contributed by atoms with Crippen LogP contribution in [-0.2, 0) is 0 Å². The topological polar surface area (TPSA) is 20.2 Å². The summed E-state index contributed by atoms with van der Waals surface area (Å²) in [6.45, 7) is 4.95. The summed E-state index contributed by atoms with van der Waals surface area (Å²) in [5.74, 6) is 0.883. The lowest BCUT2D eigenvalue weighted by atomic mass is 9.90. The average Bonchev–Trinajstić information content (AvgIpc) is 2.54. The van der Waals surface area contributed by atoms with Gasteiger partial charge in [-0.2, -0.15) is 0 Å². The number of hydrogen-bond acceptors (Lipinski definition) is 1. The van der Waals surface area contributed by atoms with Crippen molar-refractivity contribution in [3.05, 3.63) is 0 Å². The molecule has 0 heterocycles. The Hall–Kier alpha value is -0.0400. The van der Waals surface area contributed by atoms with E-state index in [2.05, 4.69) is 13.8 Å². The minimum absolute atomic E-state index is 0.379. The molecule has 1 nitrogen and oxygen atoms in total. The Balaban J connectivity index is 3.56. The third-order valence-corrected chi connectivity index (χ3v) is 4.95. The number of hydrogen-bond donors (Lipinski definition) is 1. The van der Waals surface area contributed by atoms with Crippen LogP contribution in [0.15, 0.2) is 0 Å². The van der Waals surface area contributed by atoms with E-state index in [1.165, 1.54) is 103 Å². The summed E-state index contributed by atoms with van der Waals surface area (Å²) in [5, 5.41) is 9.08. The highest BCUT2D eigenvalue weighted by molar-refractivity contribution is 4.61. The molecule has 0 saturated carbocycles. The van der Waals surface area contributed by atoms with Gasteiger partial charge in [-0.25, -0.2) is 0 Å². The summed E-state index contributed by atoms with van der Waals surface area (Å²) < 4.78 is 0. The van der Waals surface area contributed by atoms with Crippen molar-refractivity contribution in [2.24, 2.45) is 5.92 Å². The van der Waals surface area contributed by atoms with Gasteiger partial charge in [0.2, 0.25) is 0 Å². The Bertz CT molecular complexity index is 190. The molecule has 0 aliphatic heterocycles. The molecule has 1 unspecified atom stereocenters. The average molecular weight is 313 g/mol. The normalized spacial score (nSPS) is 12.7. The lowest BCUT2D eigenvalue weighted by Gasteiger charge is -2.16. The predicted octanol–water partition coefficient (Wildman–Crippen LogP) is 7.27. The maximum atomic E-state index is 9.08. The van der Waals surface area contributed by atoms with Gasteiger partial charge in [0.15, 0.2) is 0 Å². The van der Waals surface area contributed by atoms with Gasteiger partial charge in [-0.3, -0.25) is 0 Å². The first-order chi connectivity index (χ1) is 10.8. The molecule has 0 radical (unpaired) electrons. The van der Waals surface area contributed by atoms with Crippen LogP contribution < -0.4 is 0 Å². The van der Waals surface area contributed by atoms with Crippen molar-refractivity contribution < 1.29 is 5.11 Å². The highest BCUT2D eigenvalue weighted by Gasteiger charge is 2.08. The van der Waals surface area contributed by atoms with Crippen molar-refractivity contribution in [2.45, 2.75) is 123 Å². The van der Waals surface area contributed by atoms with E-state index in [4.69, 9.17) is 5.11 Å². The molecule has 0 spiro atoms. The number of rotatable bonds is 18. The van der Waals surface area contributed by atoms with Crippen LogP contribution in [0, 0.1) is 5.92 Å². The van der Waals surface area contributed by atoms with Crippen molar-refractivity contribution in [1.29, 1.82) is 0 Å². The summed E-state index contributed by atoms with van der Waals surface area (Å²) in [6.07, 6.45) is 23.4. The van der Waals surface area contributed by atoms with Crippen LogP contribution in [0.3, 0.4) is 0 Å². The van der Waals surface area contributed by atoms with Crippen LogP contribution in [0.25, 0.3) is 0 Å². The van der Waals surface area contributed by atoms with E-state index in [-0.39, 0.29) is 0 Å². The van der Waals surface area contributed by atoms with E-state index in [9.17, 15) is 0 Å². The minimum atomic E-state index is 0.379. The van der Waals surface area contributed by atoms with Gasteiger partial charge in [0.05, 0.1) is 0 Å². The molecule has 1 heteroatoms. The molecule has 1 atom stereocenters. The molecule has 0 aliphatic carbocycles. The Labute approximate surface area is 141 Å². The second-order valence-electron chi connectivity index (χ2n) is 7.20. The van der Waals surface area contributed by atoms with Crippen molar-refractivity contribution in [3.8, 4) is 0 Å².